The Bertz CT molecular complexity index is 487. The second-order valence-electron chi connectivity index (χ2n) is 7.14. The topological polar surface area (TPSA) is 78.7 Å². The van der Waals surface area contributed by atoms with Crippen LogP contribution in [0.5, 0.6) is 0 Å². The second kappa shape index (κ2) is 15.2. The predicted molar refractivity (Wildman–Crippen MR) is 105 cm³/mol. The third kappa shape index (κ3) is 12.2. The maximum absolute atomic E-state index is 11.8. The zero-order valence-corrected chi connectivity index (χ0v) is 16.7. The van der Waals surface area contributed by atoms with E-state index in [-0.39, 0.29) is 11.7 Å². The molecule has 0 bridgehead atoms. The SMILES string of the molecule is CCCCCCCCCCCCCCCC(=O)OC1C=C([N+](=O)[O-])C=CO1. The first-order chi connectivity index (χ1) is 13.1. The second-order valence-corrected chi connectivity index (χ2v) is 7.14. The molecule has 0 amide bonds. The van der Waals surface area contributed by atoms with Gasteiger partial charge in [0.1, 0.15) is 0 Å². The minimum atomic E-state index is -0.995. The fourth-order valence-corrected chi connectivity index (χ4v) is 3.08. The van der Waals surface area contributed by atoms with Crippen LogP contribution in [0.3, 0.4) is 0 Å². The van der Waals surface area contributed by atoms with Crippen molar-refractivity contribution in [3.8, 4) is 0 Å². The van der Waals surface area contributed by atoms with Gasteiger partial charge in [-0.2, -0.15) is 0 Å². The number of esters is 1. The molecule has 1 aliphatic rings. The van der Waals surface area contributed by atoms with Crippen LogP contribution in [0.25, 0.3) is 0 Å². The van der Waals surface area contributed by atoms with E-state index in [1.165, 1.54) is 82.6 Å². The summed E-state index contributed by atoms with van der Waals surface area (Å²) in [6.07, 6.45) is 19.2. The van der Waals surface area contributed by atoms with Gasteiger partial charge in [-0.15, -0.1) is 0 Å². The molecule has 1 atom stereocenters. The first-order valence-corrected chi connectivity index (χ1v) is 10.5. The molecule has 0 aromatic carbocycles. The molecule has 0 radical (unpaired) electrons. The maximum Gasteiger partial charge on any atom is 0.309 e. The van der Waals surface area contributed by atoms with Gasteiger partial charge in [-0.25, -0.2) is 0 Å². The van der Waals surface area contributed by atoms with Gasteiger partial charge in [0, 0.05) is 6.42 Å². The van der Waals surface area contributed by atoms with Crippen LogP contribution in [0.1, 0.15) is 96.8 Å². The Hall–Kier alpha value is -1.85. The Morgan fingerprint density at radius 2 is 1.52 bits per heavy atom. The Labute approximate surface area is 163 Å². The van der Waals surface area contributed by atoms with Crippen molar-refractivity contribution < 1.29 is 19.2 Å². The molecule has 27 heavy (non-hydrogen) atoms. The highest BCUT2D eigenvalue weighted by Crippen LogP contribution is 2.15. The fraction of sp³-hybridized carbons (Fsp3) is 0.762. The molecule has 0 saturated carbocycles. The number of rotatable bonds is 16. The maximum atomic E-state index is 11.8. The lowest BCUT2D eigenvalue weighted by molar-refractivity contribution is -0.420. The van der Waals surface area contributed by atoms with E-state index in [2.05, 4.69) is 6.92 Å². The summed E-state index contributed by atoms with van der Waals surface area (Å²) in [5, 5.41) is 10.7. The van der Waals surface area contributed by atoms with Crippen molar-refractivity contribution in [1.29, 1.82) is 0 Å². The summed E-state index contributed by atoms with van der Waals surface area (Å²) in [5.74, 6) is -0.377. The summed E-state index contributed by atoms with van der Waals surface area (Å²) >= 11 is 0. The van der Waals surface area contributed by atoms with Crippen LogP contribution < -0.4 is 0 Å². The summed E-state index contributed by atoms with van der Waals surface area (Å²) in [4.78, 5) is 21.9. The minimum Gasteiger partial charge on any atom is -0.458 e. The van der Waals surface area contributed by atoms with Gasteiger partial charge in [-0.3, -0.25) is 14.9 Å². The van der Waals surface area contributed by atoms with Gasteiger partial charge in [0.15, 0.2) is 0 Å². The van der Waals surface area contributed by atoms with E-state index < -0.39 is 11.2 Å². The first kappa shape index (κ1) is 23.2. The molecule has 0 aromatic heterocycles. The van der Waals surface area contributed by atoms with Gasteiger partial charge in [0.05, 0.1) is 23.3 Å². The number of carbonyl (C=O) groups is 1. The molecule has 0 saturated heterocycles. The van der Waals surface area contributed by atoms with Crippen LogP contribution in [0.4, 0.5) is 0 Å². The number of carbonyl (C=O) groups excluding carboxylic acids is 1. The van der Waals surface area contributed by atoms with Gasteiger partial charge < -0.3 is 9.47 Å². The molecule has 6 heteroatoms. The Morgan fingerprint density at radius 3 is 2.04 bits per heavy atom. The molecule has 0 fully saturated rings. The average molecular weight is 382 g/mol. The van der Waals surface area contributed by atoms with Gasteiger partial charge >= 0.3 is 5.97 Å². The highest BCUT2D eigenvalue weighted by Gasteiger charge is 2.20. The lowest BCUT2D eigenvalue weighted by atomic mass is 10.0. The van der Waals surface area contributed by atoms with Crippen molar-refractivity contribution in [1.82, 2.24) is 0 Å². The lowest BCUT2D eigenvalue weighted by Crippen LogP contribution is -2.20. The predicted octanol–water partition coefficient (Wildman–Crippen LogP) is 6.04. The standard InChI is InChI=1S/C21H35NO5/c1-2-3-4-5-6-7-8-9-10-11-12-13-14-15-20(23)27-21-18-19(22(24)25)16-17-26-21/h16-18,21H,2-15H2,1H3. The van der Waals surface area contributed by atoms with Gasteiger partial charge in [0.2, 0.25) is 0 Å². The van der Waals surface area contributed by atoms with Crippen LogP contribution in [0.2, 0.25) is 0 Å². The minimum absolute atomic E-state index is 0.125. The van der Waals surface area contributed by atoms with Crippen molar-refractivity contribution in [3.05, 3.63) is 34.2 Å². The van der Waals surface area contributed by atoms with Crippen LogP contribution in [0.15, 0.2) is 24.1 Å². The number of hydrogen-bond donors (Lipinski definition) is 0. The zero-order chi connectivity index (χ0) is 19.7. The largest absolute Gasteiger partial charge is 0.458 e. The van der Waals surface area contributed by atoms with Crippen molar-refractivity contribution in [2.45, 2.75) is 103 Å². The molecular formula is C21H35NO5. The van der Waals surface area contributed by atoms with Crippen molar-refractivity contribution >= 4 is 5.97 Å². The first-order valence-electron chi connectivity index (χ1n) is 10.5. The number of unbranched alkanes of at least 4 members (excludes halogenated alkanes) is 12. The van der Waals surface area contributed by atoms with Gasteiger partial charge in [-0.1, -0.05) is 84.0 Å². The quantitative estimate of drug-likeness (QED) is 0.141. The smallest absolute Gasteiger partial charge is 0.309 e. The molecule has 1 rings (SSSR count). The Kier molecular flexibility index (Phi) is 13.1. The molecule has 0 aliphatic carbocycles. The lowest BCUT2D eigenvalue weighted by Gasteiger charge is -2.15. The highest BCUT2D eigenvalue weighted by molar-refractivity contribution is 5.69. The molecule has 0 aromatic rings. The Balaban J connectivity index is 1.91. The van der Waals surface area contributed by atoms with Crippen LogP contribution in [-0.2, 0) is 14.3 Å². The third-order valence-corrected chi connectivity index (χ3v) is 4.70. The van der Waals surface area contributed by atoms with E-state index in [1.807, 2.05) is 0 Å². The normalized spacial score (nSPS) is 15.9. The molecule has 0 N–H and O–H groups in total. The van der Waals surface area contributed by atoms with Crippen molar-refractivity contribution in [2.75, 3.05) is 0 Å². The number of hydrogen-bond acceptors (Lipinski definition) is 5. The molecule has 6 nitrogen and oxygen atoms in total. The van der Waals surface area contributed by atoms with Crippen LogP contribution in [0, 0.1) is 10.1 Å². The van der Waals surface area contributed by atoms with E-state index in [0.717, 1.165) is 19.3 Å². The molecule has 0 spiro atoms. The molecule has 154 valence electrons. The summed E-state index contributed by atoms with van der Waals surface area (Å²) in [6, 6.07) is 0. The van der Waals surface area contributed by atoms with Gasteiger partial charge in [-0.05, 0) is 6.42 Å². The van der Waals surface area contributed by atoms with E-state index >= 15 is 0 Å². The average Bonchev–Trinajstić information content (AvgIpc) is 2.65. The summed E-state index contributed by atoms with van der Waals surface area (Å²) < 4.78 is 10.1. The molecule has 1 heterocycles. The third-order valence-electron chi connectivity index (χ3n) is 4.70. The fourth-order valence-electron chi connectivity index (χ4n) is 3.08. The van der Waals surface area contributed by atoms with E-state index in [1.54, 1.807) is 0 Å². The van der Waals surface area contributed by atoms with E-state index in [9.17, 15) is 14.9 Å². The zero-order valence-electron chi connectivity index (χ0n) is 16.7. The van der Waals surface area contributed by atoms with Crippen LogP contribution in [-0.4, -0.2) is 17.2 Å². The monoisotopic (exact) mass is 381 g/mol. The van der Waals surface area contributed by atoms with Gasteiger partial charge in [0.25, 0.3) is 12.0 Å². The summed E-state index contributed by atoms with van der Waals surface area (Å²) in [5.41, 5.74) is -0.125. The molecular weight excluding hydrogens is 346 g/mol. The number of allylic oxidation sites excluding steroid dienone is 1. The van der Waals surface area contributed by atoms with E-state index in [0.29, 0.717) is 6.42 Å². The number of nitrogens with zero attached hydrogens (tertiary/aromatic N) is 1. The highest BCUT2D eigenvalue weighted by atomic mass is 16.7. The Morgan fingerprint density at radius 1 is 1.00 bits per heavy atom. The number of ether oxygens (including phenoxy) is 2. The summed E-state index contributed by atoms with van der Waals surface area (Å²) in [6.45, 7) is 2.25. The van der Waals surface area contributed by atoms with Crippen molar-refractivity contribution in [3.63, 3.8) is 0 Å². The summed E-state index contributed by atoms with van der Waals surface area (Å²) in [7, 11) is 0. The number of nitro groups is 1. The van der Waals surface area contributed by atoms with Crippen molar-refractivity contribution in [2.24, 2.45) is 0 Å². The molecule has 1 unspecified atom stereocenters. The molecule has 1 aliphatic heterocycles. The van der Waals surface area contributed by atoms with E-state index in [4.69, 9.17) is 9.47 Å². The van der Waals surface area contributed by atoms with Crippen LogP contribution >= 0.6 is 0 Å².